The summed E-state index contributed by atoms with van der Waals surface area (Å²) in [6, 6.07) is 5.88. The van der Waals surface area contributed by atoms with E-state index in [1.54, 1.807) is 0 Å². The van der Waals surface area contributed by atoms with Gasteiger partial charge in [0.15, 0.2) is 0 Å². The highest BCUT2D eigenvalue weighted by atomic mass is 127. The van der Waals surface area contributed by atoms with Gasteiger partial charge < -0.3 is 4.90 Å². The van der Waals surface area contributed by atoms with Crippen LogP contribution in [-0.2, 0) is 0 Å². The molecule has 1 aliphatic rings. The van der Waals surface area contributed by atoms with Gasteiger partial charge in [-0.15, -0.1) is 11.6 Å². The van der Waals surface area contributed by atoms with Crippen molar-refractivity contribution in [2.24, 2.45) is 5.92 Å². The smallest absolute Gasteiger partial charge is 0.254 e. The van der Waals surface area contributed by atoms with Crippen molar-refractivity contribution in [3.63, 3.8) is 0 Å². The first kappa shape index (κ1) is 13.1. The van der Waals surface area contributed by atoms with E-state index in [-0.39, 0.29) is 5.91 Å². The molecule has 92 valence electrons. The molecule has 1 aromatic rings. The van der Waals surface area contributed by atoms with E-state index in [9.17, 15) is 4.79 Å². The van der Waals surface area contributed by atoms with Crippen LogP contribution in [0.15, 0.2) is 18.2 Å². The van der Waals surface area contributed by atoms with Crippen LogP contribution in [0, 0.1) is 16.4 Å². The minimum Gasteiger partial charge on any atom is -0.338 e. The number of benzene rings is 1. The monoisotopic (exact) mass is 363 g/mol. The molecule has 2 nitrogen and oxygen atoms in total. The van der Waals surface area contributed by atoms with Crippen molar-refractivity contribution in [3.8, 4) is 0 Å². The van der Waals surface area contributed by atoms with E-state index in [0.717, 1.165) is 34.2 Å². The molecule has 0 N–H and O–H groups in total. The number of alkyl halides is 1. The first-order valence-corrected chi connectivity index (χ1v) is 7.35. The second-order valence-corrected chi connectivity index (χ2v) is 5.88. The molecule has 0 aromatic heterocycles. The first-order chi connectivity index (χ1) is 8.13. The normalized spacial score (nSPS) is 19.7. The summed E-state index contributed by atoms with van der Waals surface area (Å²) in [5, 5.41) is 0. The molecule has 1 heterocycles. The van der Waals surface area contributed by atoms with Crippen molar-refractivity contribution < 1.29 is 4.79 Å². The third kappa shape index (κ3) is 2.76. The molecule has 0 spiro atoms. The molecular weight excluding hydrogens is 349 g/mol. The van der Waals surface area contributed by atoms with Crippen molar-refractivity contribution in [2.75, 3.05) is 19.0 Å². The van der Waals surface area contributed by atoms with Crippen molar-refractivity contribution >= 4 is 40.1 Å². The van der Waals surface area contributed by atoms with Crippen LogP contribution in [-0.4, -0.2) is 29.8 Å². The van der Waals surface area contributed by atoms with Crippen molar-refractivity contribution in [1.29, 1.82) is 0 Å². The lowest BCUT2D eigenvalue weighted by Gasteiger charge is -2.17. The molecule has 2 rings (SSSR count). The number of nitrogens with zero attached hydrogens (tertiary/aromatic N) is 1. The van der Waals surface area contributed by atoms with Crippen LogP contribution in [0.3, 0.4) is 0 Å². The number of hydrogen-bond acceptors (Lipinski definition) is 1. The summed E-state index contributed by atoms with van der Waals surface area (Å²) in [7, 11) is 0. The Kier molecular flexibility index (Phi) is 4.31. The fourth-order valence-electron chi connectivity index (χ4n) is 2.13. The summed E-state index contributed by atoms with van der Waals surface area (Å²) in [5.74, 6) is 1.25. The molecule has 1 saturated heterocycles. The quantitative estimate of drug-likeness (QED) is 0.583. The predicted molar refractivity (Wildman–Crippen MR) is 78.6 cm³/mol. The number of halogens is 2. The SMILES string of the molecule is Cc1cccc(C(=O)N2CCC(CCl)C2)c1I. The van der Waals surface area contributed by atoms with E-state index in [1.165, 1.54) is 0 Å². The van der Waals surface area contributed by atoms with Crippen LogP contribution < -0.4 is 0 Å². The van der Waals surface area contributed by atoms with Gasteiger partial charge in [-0.25, -0.2) is 0 Å². The van der Waals surface area contributed by atoms with E-state index < -0.39 is 0 Å². The zero-order valence-corrected chi connectivity index (χ0v) is 12.7. The van der Waals surface area contributed by atoms with Gasteiger partial charge in [-0.1, -0.05) is 12.1 Å². The Labute approximate surface area is 120 Å². The van der Waals surface area contributed by atoms with Gasteiger partial charge in [-0.3, -0.25) is 4.79 Å². The average Bonchev–Trinajstić information content (AvgIpc) is 2.80. The highest BCUT2D eigenvalue weighted by Crippen LogP contribution is 2.23. The van der Waals surface area contributed by atoms with E-state index in [1.807, 2.05) is 30.0 Å². The zero-order chi connectivity index (χ0) is 12.4. The van der Waals surface area contributed by atoms with E-state index in [0.29, 0.717) is 11.8 Å². The van der Waals surface area contributed by atoms with Crippen LogP contribution in [0.4, 0.5) is 0 Å². The fourth-order valence-corrected chi connectivity index (χ4v) is 2.97. The van der Waals surface area contributed by atoms with Gasteiger partial charge in [0, 0.05) is 22.5 Å². The lowest BCUT2D eigenvalue weighted by molar-refractivity contribution is 0.0787. The van der Waals surface area contributed by atoms with Gasteiger partial charge in [0.25, 0.3) is 5.91 Å². The number of rotatable bonds is 2. The first-order valence-electron chi connectivity index (χ1n) is 5.74. The Morgan fingerprint density at radius 2 is 2.35 bits per heavy atom. The summed E-state index contributed by atoms with van der Waals surface area (Å²) in [6.45, 7) is 3.66. The second kappa shape index (κ2) is 5.57. The molecule has 4 heteroatoms. The van der Waals surface area contributed by atoms with Crippen LogP contribution in [0.25, 0.3) is 0 Å². The van der Waals surface area contributed by atoms with Gasteiger partial charge in [0.1, 0.15) is 0 Å². The lowest BCUT2D eigenvalue weighted by atomic mass is 10.1. The average molecular weight is 364 g/mol. The number of aryl methyl sites for hydroxylation is 1. The second-order valence-electron chi connectivity index (χ2n) is 4.50. The minimum atomic E-state index is 0.144. The standard InChI is InChI=1S/C13H15ClINO/c1-9-3-2-4-11(12(9)15)13(17)16-6-5-10(7-14)8-16/h2-4,10H,5-8H2,1H3. The van der Waals surface area contributed by atoms with Crippen molar-refractivity contribution in [1.82, 2.24) is 4.90 Å². The molecule has 0 aliphatic carbocycles. The number of likely N-dealkylation sites (tertiary alicyclic amines) is 1. The van der Waals surface area contributed by atoms with Gasteiger partial charge in [0.05, 0.1) is 5.56 Å². The summed E-state index contributed by atoms with van der Waals surface area (Å²) in [6.07, 6.45) is 1.03. The number of amides is 1. The highest BCUT2D eigenvalue weighted by molar-refractivity contribution is 14.1. The molecule has 1 aliphatic heterocycles. The summed E-state index contributed by atoms with van der Waals surface area (Å²) < 4.78 is 1.06. The molecule has 1 atom stereocenters. The maximum absolute atomic E-state index is 12.4. The summed E-state index contributed by atoms with van der Waals surface area (Å²) in [5.41, 5.74) is 1.98. The zero-order valence-electron chi connectivity index (χ0n) is 9.75. The van der Waals surface area contributed by atoms with E-state index in [2.05, 4.69) is 22.6 Å². The Bertz CT molecular complexity index is 435. The maximum atomic E-state index is 12.4. The maximum Gasteiger partial charge on any atom is 0.254 e. The van der Waals surface area contributed by atoms with Gasteiger partial charge in [-0.2, -0.15) is 0 Å². The largest absolute Gasteiger partial charge is 0.338 e. The molecule has 1 aromatic carbocycles. The molecular formula is C13H15ClINO. The van der Waals surface area contributed by atoms with Crippen LogP contribution in [0.5, 0.6) is 0 Å². The predicted octanol–water partition coefficient (Wildman–Crippen LogP) is 3.30. The van der Waals surface area contributed by atoms with Gasteiger partial charge in [-0.05, 0) is 53.5 Å². The Morgan fingerprint density at radius 3 is 3.00 bits per heavy atom. The molecule has 17 heavy (non-hydrogen) atoms. The number of hydrogen-bond donors (Lipinski definition) is 0. The highest BCUT2D eigenvalue weighted by Gasteiger charge is 2.27. The Morgan fingerprint density at radius 1 is 1.59 bits per heavy atom. The third-order valence-corrected chi connectivity index (χ3v) is 5.08. The topological polar surface area (TPSA) is 20.3 Å². The minimum absolute atomic E-state index is 0.144. The molecule has 0 bridgehead atoms. The lowest BCUT2D eigenvalue weighted by Crippen LogP contribution is -2.29. The van der Waals surface area contributed by atoms with Crippen molar-refractivity contribution in [2.45, 2.75) is 13.3 Å². The molecule has 0 saturated carbocycles. The molecule has 1 amide bonds. The molecule has 1 unspecified atom stereocenters. The van der Waals surface area contributed by atoms with Gasteiger partial charge >= 0.3 is 0 Å². The van der Waals surface area contributed by atoms with Crippen LogP contribution >= 0.6 is 34.2 Å². The number of carbonyl (C=O) groups excluding carboxylic acids is 1. The summed E-state index contributed by atoms with van der Waals surface area (Å²) >= 11 is 8.09. The summed E-state index contributed by atoms with van der Waals surface area (Å²) in [4.78, 5) is 14.3. The third-order valence-electron chi connectivity index (χ3n) is 3.21. The Balaban J connectivity index is 2.18. The molecule has 1 fully saturated rings. The van der Waals surface area contributed by atoms with E-state index in [4.69, 9.17) is 11.6 Å². The van der Waals surface area contributed by atoms with Crippen LogP contribution in [0.2, 0.25) is 0 Å². The molecule has 0 radical (unpaired) electrons. The number of carbonyl (C=O) groups is 1. The fraction of sp³-hybridized carbons (Fsp3) is 0.462. The Hall–Kier alpha value is -0.290. The van der Waals surface area contributed by atoms with Gasteiger partial charge in [0.2, 0.25) is 0 Å². The van der Waals surface area contributed by atoms with E-state index >= 15 is 0 Å². The van der Waals surface area contributed by atoms with Crippen molar-refractivity contribution in [3.05, 3.63) is 32.9 Å². The van der Waals surface area contributed by atoms with Crippen LogP contribution in [0.1, 0.15) is 22.3 Å².